The van der Waals surface area contributed by atoms with Crippen LogP contribution in [0.2, 0.25) is 0 Å². The first-order valence-electron chi connectivity index (χ1n) is 12.2. The van der Waals surface area contributed by atoms with Crippen molar-refractivity contribution in [3.8, 4) is 0 Å². The third-order valence-corrected chi connectivity index (χ3v) is 6.89. The molecule has 1 fully saturated rings. The summed E-state index contributed by atoms with van der Waals surface area (Å²) in [4.78, 5) is 0. The van der Waals surface area contributed by atoms with Crippen molar-refractivity contribution in [1.82, 2.24) is 0 Å². The molecule has 0 heterocycles. The Balaban J connectivity index is 1.34. The van der Waals surface area contributed by atoms with Gasteiger partial charge < -0.3 is 15.5 Å². The van der Waals surface area contributed by atoms with Gasteiger partial charge in [0.25, 0.3) is 0 Å². The largest absolute Gasteiger partial charge is 0.392 e. The van der Waals surface area contributed by atoms with Crippen LogP contribution in [0.4, 0.5) is 5.69 Å². The van der Waals surface area contributed by atoms with Crippen molar-refractivity contribution in [2.45, 2.75) is 83.3 Å². The average Bonchev–Trinajstić information content (AvgIpc) is 3.26. The summed E-state index contributed by atoms with van der Waals surface area (Å²) in [6.07, 6.45) is 17.1. The molecule has 166 valence electrons. The molecule has 0 aromatic heterocycles. The lowest BCUT2D eigenvalue weighted by molar-refractivity contribution is 0.139. The van der Waals surface area contributed by atoms with Gasteiger partial charge in [0.05, 0.1) is 12.2 Å². The molecule has 0 spiro atoms. The molecule has 2 aliphatic carbocycles. The number of unbranched alkanes of at least 4 members (excludes halogenated alkanes) is 4. The number of rotatable bonds is 13. The Morgan fingerprint density at radius 2 is 1.93 bits per heavy atom. The molecule has 3 rings (SSSR count). The van der Waals surface area contributed by atoms with Crippen LogP contribution in [0.5, 0.6) is 0 Å². The van der Waals surface area contributed by atoms with Crippen LogP contribution in [0.1, 0.15) is 71.1 Å². The highest BCUT2D eigenvalue weighted by Gasteiger charge is 2.43. The molecule has 0 saturated heterocycles. The number of aliphatic hydroxyl groups excluding tert-OH is 2. The summed E-state index contributed by atoms with van der Waals surface area (Å²) in [5, 5.41) is 24.2. The first-order chi connectivity index (χ1) is 14.7. The third kappa shape index (κ3) is 6.99. The van der Waals surface area contributed by atoms with Crippen LogP contribution in [0.25, 0.3) is 0 Å². The summed E-state index contributed by atoms with van der Waals surface area (Å²) in [5.41, 5.74) is 2.80. The van der Waals surface area contributed by atoms with Crippen LogP contribution in [0.3, 0.4) is 0 Å². The molecule has 0 radical (unpaired) electrons. The van der Waals surface area contributed by atoms with Gasteiger partial charge in [-0.3, -0.25) is 0 Å². The number of hydrogen-bond acceptors (Lipinski definition) is 3. The molecule has 2 aliphatic rings. The summed E-state index contributed by atoms with van der Waals surface area (Å²) >= 11 is 0. The fourth-order valence-corrected chi connectivity index (χ4v) is 5.19. The standard InChI is InChI=1S/C27H41NO2/c1-2-3-6-14-24(29)15-16-25-26-19-21(18-22(26)20-27(25)30)11-7-5-10-17-28-23-12-8-4-9-13-23/h4,8-9,12-13,15-16,18,22,24-30H,2-3,5-7,10-11,14,17,19-20H2,1H3/b16-15+/t22-,24-,25+,26-,27+/m0/s1. The molecule has 3 heteroatoms. The Kier molecular flexibility index (Phi) is 9.48. The number of aliphatic hydroxyl groups is 2. The quantitative estimate of drug-likeness (QED) is 0.271. The zero-order valence-corrected chi connectivity index (χ0v) is 18.7. The molecule has 0 amide bonds. The number of fused-ring (bicyclic) bond motifs is 1. The number of allylic oxidation sites excluding steroid dienone is 2. The van der Waals surface area contributed by atoms with Crippen LogP contribution in [0, 0.1) is 17.8 Å². The van der Waals surface area contributed by atoms with E-state index in [0.717, 1.165) is 32.2 Å². The molecule has 0 aliphatic heterocycles. The van der Waals surface area contributed by atoms with Gasteiger partial charge in [-0.05, 0) is 62.5 Å². The predicted molar refractivity (Wildman–Crippen MR) is 126 cm³/mol. The van der Waals surface area contributed by atoms with Gasteiger partial charge in [0, 0.05) is 18.2 Å². The minimum absolute atomic E-state index is 0.208. The zero-order valence-electron chi connectivity index (χ0n) is 18.7. The predicted octanol–water partition coefficient (Wildman–Crippen LogP) is 6.10. The second kappa shape index (κ2) is 12.3. The topological polar surface area (TPSA) is 52.5 Å². The second-order valence-electron chi connectivity index (χ2n) is 9.29. The molecule has 0 unspecified atom stereocenters. The van der Waals surface area contributed by atoms with Gasteiger partial charge >= 0.3 is 0 Å². The lowest BCUT2D eigenvalue weighted by Gasteiger charge is -2.19. The Labute approximate surface area is 183 Å². The van der Waals surface area contributed by atoms with Crippen molar-refractivity contribution in [1.29, 1.82) is 0 Å². The maximum Gasteiger partial charge on any atom is 0.0721 e. The molecule has 3 nitrogen and oxygen atoms in total. The summed E-state index contributed by atoms with van der Waals surface area (Å²) < 4.78 is 0. The highest BCUT2D eigenvalue weighted by Crippen LogP contribution is 2.48. The number of anilines is 1. The number of nitrogens with one attached hydrogen (secondary N) is 1. The van der Waals surface area contributed by atoms with Gasteiger partial charge in [0.15, 0.2) is 0 Å². The summed E-state index contributed by atoms with van der Waals surface area (Å²) in [5.74, 6) is 1.27. The summed E-state index contributed by atoms with van der Waals surface area (Å²) in [7, 11) is 0. The van der Waals surface area contributed by atoms with E-state index < -0.39 is 0 Å². The molecular weight excluding hydrogens is 370 g/mol. The van der Waals surface area contributed by atoms with E-state index in [-0.39, 0.29) is 18.1 Å². The van der Waals surface area contributed by atoms with E-state index >= 15 is 0 Å². The molecule has 1 aromatic rings. The highest BCUT2D eigenvalue weighted by molar-refractivity contribution is 5.42. The van der Waals surface area contributed by atoms with E-state index in [1.807, 2.05) is 12.1 Å². The van der Waals surface area contributed by atoms with Crippen molar-refractivity contribution in [2.24, 2.45) is 17.8 Å². The van der Waals surface area contributed by atoms with E-state index in [0.29, 0.717) is 11.8 Å². The fourth-order valence-electron chi connectivity index (χ4n) is 5.19. The highest BCUT2D eigenvalue weighted by atomic mass is 16.3. The van der Waals surface area contributed by atoms with Crippen LogP contribution in [-0.4, -0.2) is 29.0 Å². The average molecular weight is 412 g/mol. The Morgan fingerprint density at radius 1 is 1.10 bits per heavy atom. The van der Waals surface area contributed by atoms with Crippen LogP contribution >= 0.6 is 0 Å². The first kappa shape index (κ1) is 23.1. The number of para-hydroxylation sites is 1. The maximum atomic E-state index is 10.5. The van der Waals surface area contributed by atoms with Crippen LogP contribution in [-0.2, 0) is 0 Å². The van der Waals surface area contributed by atoms with E-state index in [9.17, 15) is 10.2 Å². The van der Waals surface area contributed by atoms with E-state index in [2.05, 4.69) is 48.7 Å². The normalized spacial score (nSPS) is 26.7. The maximum absolute atomic E-state index is 10.5. The Bertz CT molecular complexity index is 669. The van der Waals surface area contributed by atoms with Crippen molar-refractivity contribution in [2.75, 3.05) is 11.9 Å². The number of hydrogen-bond donors (Lipinski definition) is 3. The monoisotopic (exact) mass is 411 g/mol. The van der Waals surface area contributed by atoms with Gasteiger partial charge in [-0.25, -0.2) is 0 Å². The van der Waals surface area contributed by atoms with Gasteiger partial charge in [0.2, 0.25) is 0 Å². The lowest BCUT2D eigenvalue weighted by Crippen LogP contribution is -2.18. The molecule has 30 heavy (non-hydrogen) atoms. The summed E-state index contributed by atoms with van der Waals surface area (Å²) in [6.45, 7) is 3.22. The molecule has 0 bridgehead atoms. The first-order valence-corrected chi connectivity index (χ1v) is 12.2. The van der Waals surface area contributed by atoms with Gasteiger partial charge in [0.1, 0.15) is 0 Å². The lowest BCUT2D eigenvalue weighted by atomic mass is 9.88. The van der Waals surface area contributed by atoms with Gasteiger partial charge in [-0.1, -0.05) is 74.6 Å². The molecule has 1 aromatic carbocycles. The van der Waals surface area contributed by atoms with Crippen LogP contribution in [0.15, 0.2) is 54.1 Å². The molecular formula is C27H41NO2. The van der Waals surface area contributed by atoms with E-state index in [4.69, 9.17) is 0 Å². The van der Waals surface area contributed by atoms with Crippen molar-refractivity contribution < 1.29 is 10.2 Å². The Morgan fingerprint density at radius 3 is 2.73 bits per heavy atom. The fraction of sp³-hybridized carbons (Fsp3) is 0.630. The summed E-state index contributed by atoms with van der Waals surface area (Å²) in [6, 6.07) is 10.4. The SMILES string of the molecule is CCCCC[C@H](O)/C=C/[C@@H]1[C@H]2CC(CCCCCNc3ccccc3)=C[C@H]2C[C@H]1O. The molecule has 3 N–H and O–H groups in total. The van der Waals surface area contributed by atoms with Crippen molar-refractivity contribution >= 4 is 5.69 Å². The Hall–Kier alpha value is -1.58. The van der Waals surface area contributed by atoms with Crippen molar-refractivity contribution in [3.63, 3.8) is 0 Å². The zero-order chi connectivity index (χ0) is 21.2. The number of benzene rings is 1. The smallest absolute Gasteiger partial charge is 0.0721 e. The second-order valence-corrected chi connectivity index (χ2v) is 9.29. The minimum atomic E-state index is -0.360. The molecule has 1 saturated carbocycles. The van der Waals surface area contributed by atoms with E-state index in [1.54, 1.807) is 5.57 Å². The van der Waals surface area contributed by atoms with E-state index in [1.165, 1.54) is 44.2 Å². The molecule has 5 atom stereocenters. The van der Waals surface area contributed by atoms with Crippen molar-refractivity contribution in [3.05, 3.63) is 54.1 Å². The van der Waals surface area contributed by atoms with Gasteiger partial charge in [-0.15, -0.1) is 0 Å². The third-order valence-electron chi connectivity index (χ3n) is 6.89. The van der Waals surface area contributed by atoms with Crippen LogP contribution < -0.4 is 5.32 Å². The van der Waals surface area contributed by atoms with Gasteiger partial charge in [-0.2, -0.15) is 0 Å². The minimum Gasteiger partial charge on any atom is -0.392 e.